The summed E-state index contributed by atoms with van der Waals surface area (Å²) in [7, 11) is 1.84. The second kappa shape index (κ2) is 8.27. The number of fused-ring (bicyclic) bond motifs is 1. The molecule has 2 fully saturated rings. The normalized spacial score (nSPS) is 20.6. The van der Waals surface area contributed by atoms with Gasteiger partial charge in [-0.1, -0.05) is 6.07 Å². The van der Waals surface area contributed by atoms with Gasteiger partial charge in [-0.3, -0.25) is 4.79 Å². The molecule has 3 aliphatic rings. The van der Waals surface area contributed by atoms with Gasteiger partial charge in [-0.05, 0) is 36.1 Å². The van der Waals surface area contributed by atoms with Crippen LogP contribution >= 0.6 is 0 Å². The number of rotatable bonds is 5. The number of aromatic nitrogens is 2. The van der Waals surface area contributed by atoms with E-state index in [1.54, 1.807) is 11.1 Å². The average Bonchev–Trinajstić information content (AvgIpc) is 3.39. The summed E-state index contributed by atoms with van der Waals surface area (Å²) in [6, 6.07) is 6.32. The Labute approximate surface area is 186 Å². The summed E-state index contributed by atoms with van der Waals surface area (Å²) in [5.41, 5.74) is 9.00. The number of nitrogens with two attached hydrogens (primary N) is 1. The minimum Gasteiger partial charge on any atom is -0.364 e. The highest BCUT2D eigenvalue weighted by molar-refractivity contribution is 5.96. The minimum absolute atomic E-state index is 0.0838. The highest BCUT2D eigenvalue weighted by Crippen LogP contribution is 2.27. The molecule has 3 amide bonds. The second-order valence-electron chi connectivity index (χ2n) is 8.64. The molecule has 3 aliphatic heterocycles. The molecular weight excluding hydrogens is 408 g/mol. The van der Waals surface area contributed by atoms with Crippen molar-refractivity contribution >= 4 is 29.3 Å². The van der Waals surface area contributed by atoms with Gasteiger partial charge >= 0.3 is 6.03 Å². The highest BCUT2D eigenvalue weighted by atomic mass is 16.2. The Kier molecular flexibility index (Phi) is 5.30. The van der Waals surface area contributed by atoms with Crippen molar-refractivity contribution in [2.24, 2.45) is 5.73 Å². The molecule has 0 unspecified atom stereocenters. The van der Waals surface area contributed by atoms with E-state index in [1.165, 1.54) is 11.1 Å². The summed E-state index contributed by atoms with van der Waals surface area (Å²) in [6.07, 6.45) is 3.52. The molecule has 32 heavy (non-hydrogen) atoms. The van der Waals surface area contributed by atoms with Gasteiger partial charge in [0.05, 0.1) is 12.2 Å². The number of nitrogens with one attached hydrogen (secondary N) is 2. The number of urea groups is 1. The molecule has 1 aromatic heterocycles. The van der Waals surface area contributed by atoms with E-state index in [-0.39, 0.29) is 17.8 Å². The number of primary amides is 1. The maximum atomic E-state index is 12.4. The van der Waals surface area contributed by atoms with Gasteiger partial charge in [0.1, 0.15) is 5.82 Å². The molecule has 1 aromatic carbocycles. The first kappa shape index (κ1) is 20.5. The number of benzene rings is 1. The van der Waals surface area contributed by atoms with E-state index in [9.17, 15) is 9.59 Å². The minimum atomic E-state index is -0.628. The third kappa shape index (κ3) is 3.81. The monoisotopic (exact) mass is 436 g/mol. The third-order valence-electron chi connectivity index (χ3n) is 6.50. The quantitative estimate of drug-likeness (QED) is 0.645. The van der Waals surface area contributed by atoms with Gasteiger partial charge in [-0.15, -0.1) is 0 Å². The maximum absolute atomic E-state index is 12.4. The smallest absolute Gasteiger partial charge is 0.320 e. The molecule has 0 bridgehead atoms. The SMILES string of the molecule is CN1CCN([C@@H]2CCCN(c3cnc(C(N)=O)c(Nc4ccc5c(c4)CNC5)n3)C2)C1=O. The molecule has 0 aliphatic carbocycles. The first-order valence-corrected chi connectivity index (χ1v) is 11.0. The fraction of sp³-hybridized carbons (Fsp3) is 0.455. The van der Waals surface area contributed by atoms with Crippen molar-refractivity contribution < 1.29 is 9.59 Å². The fourth-order valence-electron chi connectivity index (χ4n) is 4.73. The standard InChI is InChI=1S/C22H28N8O2/c1-28-7-8-30(22(28)32)17-3-2-6-29(13-17)18-12-25-19(20(23)31)21(27-18)26-16-5-4-14-10-24-11-15(14)9-16/h4-5,9,12,17,24H,2-3,6-8,10-11,13H2,1H3,(H2,23,31)(H,26,27)/t17-/m1/s1. The first-order valence-electron chi connectivity index (χ1n) is 11.0. The van der Waals surface area contributed by atoms with E-state index in [0.717, 1.165) is 51.3 Å². The van der Waals surface area contributed by atoms with Crippen LogP contribution in [0.15, 0.2) is 24.4 Å². The predicted octanol–water partition coefficient (Wildman–Crippen LogP) is 1.26. The molecule has 2 saturated heterocycles. The van der Waals surface area contributed by atoms with Crippen LogP contribution in [0.25, 0.3) is 0 Å². The summed E-state index contributed by atoms with van der Waals surface area (Å²) < 4.78 is 0. The summed E-state index contributed by atoms with van der Waals surface area (Å²) in [6.45, 7) is 4.70. The van der Waals surface area contributed by atoms with Crippen LogP contribution in [0.1, 0.15) is 34.5 Å². The number of piperidine rings is 1. The Morgan fingerprint density at radius 1 is 1.22 bits per heavy atom. The van der Waals surface area contributed by atoms with Crippen LogP contribution < -0.4 is 21.3 Å². The largest absolute Gasteiger partial charge is 0.364 e. The Hall–Kier alpha value is -3.40. The van der Waals surface area contributed by atoms with E-state index < -0.39 is 5.91 Å². The van der Waals surface area contributed by atoms with E-state index in [4.69, 9.17) is 10.7 Å². The molecule has 0 saturated carbocycles. The van der Waals surface area contributed by atoms with E-state index in [1.807, 2.05) is 18.0 Å². The number of hydrogen-bond acceptors (Lipinski definition) is 7. The Morgan fingerprint density at radius 3 is 2.84 bits per heavy atom. The van der Waals surface area contributed by atoms with Gasteiger partial charge in [-0.2, -0.15) is 0 Å². The van der Waals surface area contributed by atoms with Crippen molar-refractivity contribution in [2.45, 2.75) is 32.0 Å². The molecule has 4 heterocycles. The number of carbonyl (C=O) groups excluding carboxylic acids is 2. The molecular formula is C22H28N8O2. The Balaban J connectivity index is 1.39. The van der Waals surface area contributed by atoms with E-state index in [2.05, 4.69) is 32.7 Å². The molecule has 5 rings (SSSR count). The van der Waals surface area contributed by atoms with Crippen molar-refractivity contribution in [3.8, 4) is 0 Å². The van der Waals surface area contributed by atoms with Crippen molar-refractivity contribution in [3.05, 3.63) is 41.2 Å². The van der Waals surface area contributed by atoms with Crippen LogP contribution in [0.4, 0.5) is 22.1 Å². The third-order valence-corrected chi connectivity index (χ3v) is 6.50. The molecule has 168 valence electrons. The lowest BCUT2D eigenvalue weighted by molar-refractivity contribution is 0.0996. The van der Waals surface area contributed by atoms with Gasteiger partial charge in [-0.25, -0.2) is 14.8 Å². The van der Waals surface area contributed by atoms with E-state index in [0.29, 0.717) is 18.2 Å². The average molecular weight is 437 g/mol. The van der Waals surface area contributed by atoms with Gasteiger partial charge in [0.2, 0.25) is 0 Å². The molecule has 4 N–H and O–H groups in total. The second-order valence-corrected chi connectivity index (χ2v) is 8.64. The van der Waals surface area contributed by atoms with Crippen molar-refractivity contribution in [1.82, 2.24) is 25.1 Å². The van der Waals surface area contributed by atoms with Crippen molar-refractivity contribution in [2.75, 3.05) is 43.4 Å². The van der Waals surface area contributed by atoms with Crippen LogP contribution in [0, 0.1) is 0 Å². The molecule has 10 heteroatoms. The van der Waals surface area contributed by atoms with Crippen LogP contribution in [0.5, 0.6) is 0 Å². The molecule has 0 radical (unpaired) electrons. The summed E-state index contributed by atoms with van der Waals surface area (Å²) >= 11 is 0. The summed E-state index contributed by atoms with van der Waals surface area (Å²) in [5, 5.41) is 6.57. The highest BCUT2D eigenvalue weighted by Gasteiger charge is 2.34. The lowest BCUT2D eigenvalue weighted by atomic mass is 10.0. The van der Waals surface area contributed by atoms with Crippen LogP contribution in [-0.2, 0) is 13.1 Å². The molecule has 10 nitrogen and oxygen atoms in total. The number of nitrogens with zero attached hydrogens (tertiary/aromatic N) is 5. The number of carbonyl (C=O) groups is 2. The maximum Gasteiger partial charge on any atom is 0.320 e. The predicted molar refractivity (Wildman–Crippen MR) is 121 cm³/mol. The van der Waals surface area contributed by atoms with E-state index >= 15 is 0 Å². The van der Waals surface area contributed by atoms with Crippen LogP contribution in [0.3, 0.4) is 0 Å². The summed E-state index contributed by atoms with van der Waals surface area (Å²) in [5.74, 6) is 0.390. The zero-order valence-corrected chi connectivity index (χ0v) is 18.2. The van der Waals surface area contributed by atoms with Gasteiger partial charge in [0.25, 0.3) is 5.91 Å². The zero-order chi connectivity index (χ0) is 22.2. The van der Waals surface area contributed by atoms with Gasteiger partial charge in [0, 0.05) is 52.0 Å². The fourth-order valence-corrected chi connectivity index (χ4v) is 4.73. The Morgan fingerprint density at radius 2 is 2.06 bits per heavy atom. The lowest BCUT2D eigenvalue weighted by Crippen LogP contribution is -2.49. The van der Waals surface area contributed by atoms with Gasteiger partial charge < -0.3 is 31.1 Å². The van der Waals surface area contributed by atoms with Crippen LogP contribution in [0.2, 0.25) is 0 Å². The zero-order valence-electron chi connectivity index (χ0n) is 18.2. The number of amides is 3. The Bertz CT molecular complexity index is 1060. The first-order chi connectivity index (χ1) is 15.5. The molecule has 2 aromatic rings. The van der Waals surface area contributed by atoms with Crippen molar-refractivity contribution in [1.29, 1.82) is 0 Å². The topological polar surface area (TPSA) is 120 Å². The summed E-state index contributed by atoms with van der Waals surface area (Å²) in [4.78, 5) is 39.3. The van der Waals surface area contributed by atoms with Crippen molar-refractivity contribution in [3.63, 3.8) is 0 Å². The van der Waals surface area contributed by atoms with Crippen LogP contribution in [-0.4, -0.2) is 71.0 Å². The lowest BCUT2D eigenvalue weighted by Gasteiger charge is -2.37. The molecule has 1 atom stereocenters. The number of anilines is 3. The van der Waals surface area contributed by atoms with Gasteiger partial charge in [0.15, 0.2) is 11.5 Å². The molecule has 0 spiro atoms. The number of likely N-dealkylation sites (N-methyl/N-ethyl adjacent to an activating group) is 1. The number of hydrogen-bond donors (Lipinski definition) is 3.